The van der Waals surface area contributed by atoms with E-state index in [9.17, 15) is 4.79 Å². The maximum atomic E-state index is 12.6. The van der Waals surface area contributed by atoms with Gasteiger partial charge in [0.25, 0.3) is 0 Å². The van der Waals surface area contributed by atoms with Gasteiger partial charge in [0.05, 0.1) is 17.2 Å². The summed E-state index contributed by atoms with van der Waals surface area (Å²) in [6.45, 7) is 0. The van der Waals surface area contributed by atoms with Crippen molar-refractivity contribution in [1.82, 2.24) is 19.9 Å². The van der Waals surface area contributed by atoms with Crippen molar-refractivity contribution in [2.24, 2.45) is 5.92 Å². The van der Waals surface area contributed by atoms with Crippen molar-refractivity contribution in [3.05, 3.63) is 41.9 Å². The van der Waals surface area contributed by atoms with Gasteiger partial charge in [0, 0.05) is 25.7 Å². The molecular weight excluding hydrogens is 390 g/mol. The number of para-hydroxylation sites is 2. The topological polar surface area (TPSA) is 83.1 Å². The Bertz CT molecular complexity index is 1100. The summed E-state index contributed by atoms with van der Waals surface area (Å²) in [5.74, 6) is 1.78. The number of carbonyl (C=O) groups is 1. The van der Waals surface area contributed by atoms with Crippen molar-refractivity contribution in [3.63, 3.8) is 0 Å². The van der Waals surface area contributed by atoms with Crippen LogP contribution in [0, 0.1) is 5.92 Å². The number of fused-ring (bicyclic) bond motifs is 3. The molecule has 2 aliphatic rings. The first-order valence-electron chi connectivity index (χ1n) is 11.2. The highest BCUT2D eigenvalue weighted by Gasteiger charge is 2.30. The molecule has 2 aromatic heterocycles. The zero-order chi connectivity index (χ0) is 21.4. The minimum atomic E-state index is -0.00691. The molecule has 2 N–H and O–H groups in total. The Labute approximate surface area is 182 Å². The minimum absolute atomic E-state index is 0.00691. The Morgan fingerprint density at radius 2 is 1.97 bits per heavy atom. The first-order chi connectivity index (χ1) is 15.1. The molecule has 31 heavy (non-hydrogen) atoms. The number of aryl methyl sites for hydroxylation is 1. The van der Waals surface area contributed by atoms with Gasteiger partial charge in [-0.1, -0.05) is 12.1 Å². The molecule has 1 amide bonds. The van der Waals surface area contributed by atoms with Gasteiger partial charge in [0.15, 0.2) is 0 Å². The highest BCUT2D eigenvalue weighted by Crippen LogP contribution is 2.37. The number of amides is 1. The number of nitrogens with zero attached hydrogens (tertiary/aromatic N) is 3. The molecule has 3 aromatic rings. The van der Waals surface area contributed by atoms with Gasteiger partial charge in [-0.2, -0.15) is 0 Å². The standard InChI is InChI=1S/C24H29N5O2/c1-29(2)24(30)15-11-12-18-17(13-15)21-22(27-18)25-14-26-23(21)28-19-9-5-6-10-20(19)31-16-7-3-4-8-16/h5-6,9-10,14-16H,3-4,7-8,11-13H2,1-2H3,(H2,25,26,27,28)/t15-/m0/s1. The van der Waals surface area contributed by atoms with Crippen LogP contribution in [-0.2, 0) is 17.6 Å². The van der Waals surface area contributed by atoms with E-state index in [2.05, 4.69) is 20.3 Å². The molecule has 5 rings (SSSR count). The van der Waals surface area contributed by atoms with Crippen LogP contribution in [0.4, 0.5) is 11.5 Å². The lowest BCUT2D eigenvalue weighted by Gasteiger charge is -2.24. The van der Waals surface area contributed by atoms with Crippen LogP contribution in [0.5, 0.6) is 5.75 Å². The quantitative estimate of drug-likeness (QED) is 0.647. The third kappa shape index (κ3) is 3.84. The number of aromatic amines is 1. The lowest BCUT2D eigenvalue weighted by atomic mass is 9.85. The summed E-state index contributed by atoms with van der Waals surface area (Å²) in [4.78, 5) is 26.8. The predicted octanol–water partition coefficient (Wildman–Crippen LogP) is 4.22. The normalized spacial score (nSPS) is 18.7. The number of H-pyrrole nitrogens is 1. The Morgan fingerprint density at radius 3 is 2.77 bits per heavy atom. The van der Waals surface area contributed by atoms with E-state index >= 15 is 0 Å². The van der Waals surface area contributed by atoms with Crippen LogP contribution in [0.15, 0.2) is 30.6 Å². The number of rotatable bonds is 5. The van der Waals surface area contributed by atoms with E-state index in [1.54, 1.807) is 11.2 Å². The van der Waals surface area contributed by atoms with Gasteiger partial charge in [-0.25, -0.2) is 9.97 Å². The fourth-order valence-electron chi connectivity index (χ4n) is 4.90. The van der Waals surface area contributed by atoms with Crippen molar-refractivity contribution in [2.45, 2.75) is 51.0 Å². The fourth-order valence-corrected chi connectivity index (χ4v) is 4.90. The Morgan fingerprint density at radius 1 is 1.16 bits per heavy atom. The van der Waals surface area contributed by atoms with E-state index in [-0.39, 0.29) is 17.9 Å². The molecule has 0 spiro atoms. The second-order valence-electron chi connectivity index (χ2n) is 8.85. The lowest BCUT2D eigenvalue weighted by molar-refractivity contribution is -0.133. The molecule has 1 atom stereocenters. The van der Waals surface area contributed by atoms with Gasteiger partial charge in [-0.05, 0) is 62.6 Å². The summed E-state index contributed by atoms with van der Waals surface area (Å²) in [5.41, 5.74) is 4.03. The highest BCUT2D eigenvalue weighted by atomic mass is 16.5. The van der Waals surface area contributed by atoms with Crippen LogP contribution in [-0.4, -0.2) is 46.0 Å². The van der Waals surface area contributed by atoms with Gasteiger partial charge in [0.1, 0.15) is 23.5 Å². The Hall–Kier alpha value is -3.09. The third-order valence-corrected chi connectivity index (χ3v) is 6.50. The average molecular weight is 420 g/mol. The highest BCUT2D eigenvalue weighted by molar-refractivity contribution is 5.94. The zero-order valence-corrected chi connectivity index (χ0v) is 18.1. The molecule has 7 heteroatoms. The summed E-state index contributed by atoms with van der Waals surface area (Å²) in [6.07, 6.45) is 8.94. The van der Waals surface area contributed by atoms with Crippen LogP contribution in [0.3, 0.4) is 0 Å². The lowest BCUT2D eigenvalue weighted by Crippen LogP contribution is -2.33. The molecule has 7 nitrogen and oxygen atoms in total. The first-order valence-corrected chi connectivity index (χ1v) is 11.2. The van der Waals surface area contributed by atoms with E-state index in [1.807, 2.05) is 38.4 Å². The molecule has 0 aliphatic heterocycles. The van der Waals surface area contributed by atoms with E-state index in [4.69, 9.17) is 4.74 Å². The van der Waals surface area contributed by atoms with Crippen molar-refractivity contribution in [3.8, 4) is 5.75 Å². The van der Waals surface area contributed by atoms with Crippen LogP contribution in [0.25, 0.3) is 11.0 Å². The van der Waals surface area contributed by atoms with E-state index in [0.717, 1.165) is 65.2 Å². The third-order valence-electron chi connectivity index (χ3n) is 6.50. The summed E-state index contributed by atoms with van der Waals surface area (Å²) in [6, 6.07) is 8.04. The second-order valence-corrected chi connectivity index (χ2v) is 8.85. The molecule has 1 saturated carbocycles. The average Bonchev–Trinajstić information content (AvgIpc) is 3.42. The fraction of sp³-hybridized carbons (Fsp3) is 0.458. The number of hydrogen-bond acceptors (Lipinski definition) is 5. The van der Waals surface area contributed by atoms with Crippen LogP contribution in [0.1, 0.15) is 43.4 Å². The van der Waals surface area contributed by atoms with Crippen LogP contribution < -0.4 is 10.1 Å². The van der Waals surface area contributed by atoms with Gasteiger partial charge in [-0.3, -0.25) is 4.79 Å². The Balaban J connectivity index is 1.48. The minimum Gasteiger partial charge on any atom is -0.488 e. The predicted molar refractivity (Wildman–Crippen MR) is 121 cm³/mol. The molecule has 0 radical (unpaired) electrons. The summed E-state index contributed by atoms with van der Waals surface area (Å²) < 4.78 is 6.30. The molecule has 0 saturated heterocycles. The molecule has 162 valence electrons. The van der Waals surface area contributed by atoms with Crippen molar-refractivity contribution in [1.29, 1.82) is 0 Å². The summed E-state index contributed by atoms with van der Waals surface area (Å²) >= 11 is 0. The smallest absolute Gasteiger partial charge is 0.225 e. The number of aromatic nitrogens is 3. The maximum Gasteiger partial charge on any atom is 0.225 e. The van der Waals surface area contributed by atoms with Crippen molar-refractivity contribution >= 4 is 28.4 Å². The van der Waals surface area contributed by atoms with Gasteiger partial charge in [0.2, 0.25) is 5.91 Å². The van der Waals surface area contributed by atoms with E-state index in [1.165, 1.54) is 12.8 Å². The number of ether oxygens (including phenoxy) is 1. The Kier molecular flexibility index (Phi) is 5.26. The number of anilines is 2. The molecule has 1 fully saturated rings. The number of nitrogens with one attached hydrogen (secondary N) is 2. The molecule has 1 aromatic carbocycles. The monoisotopic (exact) mass is 419 g/mol. The molecule has 0 unspecified atom stereocenters. The van der Waals surface area contributed by atoms with Crippen LogP contribution >= 0.6 is 0 Å². The van der Waals surface area contributed by atoms with Gasteiger partial charge < -0.3 is 19.9 Å². The SMILES string of the molecule is CN(C)C(=O)[C@H]1CCc2[nH]c3ncnc(Nc4ccccc4OC4CCCC4)c3c2C1. The first kappa shape index (κ1) is 19.8. The summed E-state index contributed by atoms with van der Waals surface area (Å²) in [5, 5.41) is 4.48. The zero-order valence-electron chi connectivity index (χ0n) is 18.1. The molecule has 2 heterocycles. The molecular formula is C24H29N5O2. The van der Waals surface area contributed by atoms with Crippen molar-refractivity contribution < 1.29 is 9.53 Å². The largest absolute Gasteiger partial charge is 0.488 e. The second kappa shape index (κ2) is 8.21. The van der Waals surface area contributed by atoms with E-state index in [0.29, 0.717) is 6.42 Å². The van der Waals surface area contributed by atoms with Gasteiger partial charge in [-0.15, -0.1) is 0 Å². The summed E-state index contributed by atoms with van der Waals surface area (Å²) in [7, 11) is 3.65. The maximum absolute atomic E-state index is 12.6. The number of benzene rings is 1. The van der Waals surface area contributed by atoms with Crippen molar-refractivity contribution in [2.75, 3.05) is 19.4 Å². The molecule has 0 bridgehead atoms. The van der Waals surface area contributed by atoms with Crippen LogP contribution in [0.2, 0.25) is 0 Å². The molecule has 2 aliphatic carbocycles. The number of carbonyl (C=O) groups excluding carboxylic acids is 1. The van der Waals surface area contributed by atoms with Gasteiger partial charge >= 0.3 is 0 Å². The number of hydrogen-bond donors (Lipinski definition) is 2. The van der Waals surface area contributed by atoms with E-state index < -0.39 is 0 Å².